The van der Waals surface area contributed by atoms with Gasteiger partial charge < -0.3 is 0 Å². The zero-order chi connectivity index (χ0) is 19.2. The van der Waals surface area contributed by atoms with Gasteiger partial charge in [-0.05, 0) is 42.7 Å². The average Bonchev–Trinajstić information content (AvgIpc) is 3.20. The number of aromatic nitrogens is 3. The number of benzene rings is 2. The van der Waals surface area contributed by atoms with Crippen LogP contribution in [0.3, 0.4) is 0 Å². The van der Waals surface area contributed by atoms with E-state index in [4.69, 9.17) is 4.98 Å². The fourth-order valence-corrected chi connectivity index (χ4v) is 3.30. The van der Waals surface area contributed by atoms with Gasteiger partial charge in [0.1, 0.15) is 0 Å². The van der Waals surface area contributed by atoms with Crippen LogP contribution < -0.4 is 0 Å². The highest BCUT2D eigenvalue weighted by atomic mass is 15.3. The van der Waals surface area contributed by atoms with Crippen molar-refractivity contribution in [2.45, 2.75) is 40.5 Å². The van der Waals surface area contributed by atoms with Crippen molar-refractivity contribution >= 4 is 10.9 Å². The Bertz CT molecular complexity index is 1030. The van der Waals surface area contributed by atoms with Crippen LogP contribution in [0, 0.1) is 6.92 Å². The minimum atomic E-state index is 0.968. The lowest BCUT2D eigenvalue weighted by Crippen LogP contribution is -1.99. The van der Waals surface area contributed by atoms with Crippen molar-refractivity contribution in [2.75, 3.05) is 0 Å². The summed E-state index contributed by atoms with van der Waals surface area (Å²) in [5.74, 6) is 0. The van der Waals surface area contributed by atoms with Crippen LogP contribution >= 0.6 is 0 Å². The normalized spacial score (nSPS) is 10.5. The van der Waals surface area contributed by atoms with E-state index in [1.54, 1.807) is 0 Å². The van der Waals surface area contributed by atoms with Crippen molar-refractivity contribution in [3.8, 4) is 16.9 Å². The van der Waals surface area contributed by atoms with Gasteiger partial charge in [0.05, 0.1) is 23.1 Å². The van der Waals surface area contributed by atoms with E-state index in [0.717, 1.165) is 35.3 Å². The molecule has 0 saturated carbocycles. The van der Waals surface area contributed by atoms with E-state index < -0.39 is 0 Å². The lowest BCUT2D eigenvalue weighted by Gasteiger charge is -2.08. The van der Waals surface area contributed by atoms with E-state index >= 15 is 0 Å². The Morgan fingerprint density at radius 2 is 1.70 bits per heavy atom. The van der Waals surface area contributed by atoms with Gasteiger partial charge in [-0.25, -0.2) is 9.67 Å². The average molecular weight is 358 g/mol. The molecule has 27 heavy (non-hydrogen) atoms. The molecule has 3 nitrogen and oxygen atoms in total. The van der Waals surface area contributed by atoms with Crippen LogP contribution in [0.25, 0.3) is 27.8 Å². The number of aryl methyl sites for hydroxylation is 2. The van der Waals surface area contributed by atoms with Crippen LogP contribution in [0.5, 0.6) is 0 Å². The maximum absolute atomic E-state index is 4.82. The molecule has 0 fully saturated rings. The minimum Gasteiger partial charge on any atom is -0.248 e. The van der Waals surface area contributed by atoms with Gasteiger partial charge >= 0.3 is 0 Å². The van der Waals surface area contributed by atoms with Gasteiger partial charge in [-0.2, -0.15) is 5.10 Å². The van der Waals surface area contributed by atoms with E-state index in [-0.39, 0.29) is 0 Å². The van der Waals surface area contributed by atoms with Crippen LogP contribution in [-0.4, -0.2) is 14.8 Å². The molecule has 0 N–H and O–H groups in total. The quantitative estimate of drug-likeness (QED) is 0.424. The summed E-state index contributed by atoms with van der Waals surface area (Å²) in [7, 11) is 0. The van der Waals surface area contributed by atoms with Crippen LogP contribution in [0.15, 0.2) is 67.0 Å². The first-order chi connectivity index (χ1) is 13.3. The Balaban J connectivity index is 0.00000102. The van der Waals surface area contributed by atoms with Gasteiger partial charge in [-0.3, -0.25) is 0 Å². The smallest absolute Gasteiger partial charge is 0.0744 e. The zero-order valence-corrected chi connectivity index (χ0v) is 16.6. The number of hydrogen-bond acceptors (Lipinski definition) is 2. The summed E-state index contributed by atoms with van der Waals surface area (Å²) in [6, 6.07) is 18.9. The van der Waals surface area contributed by atoms with Gasteiger partial charge in [-0.15, -0.1) is 0 Å². The van der Waals surface area contributed by atoms with E-state index in [0.29, 0.717) is 0 Å². The molecule has 0 aliphatic carbocycles. The first kappa shape index (κ1) is 18.8. The van der Waals surface area contributed by atoms with Crippen LogP contribution in [0.4, 0.5) is 0 Å². The van der Waals surface area contributed by atoms with Gasteiger partial charge in [-0.1, -0.05) is 63.6 Å². The zero-order valence-electron chi connectivity index (χ0n) is 16.6. The Labute approximate surface area is 161 Å². The number of para-hydroxylation sites is 2. The maximum atomic E-state index is 4.82. The molecule has 4 rings (SSSR count). The van der Waals surface area contributed by atoms with Crippen molar-refractivity contribution in [3.63, 3.8) is 0 Å². The first-order valence-corrected chi connectivity index (χ1v) is 9.76. The van der Waals surface area contributed by atoms with Crippen molar-refractivity contribution in [1.29, 1.82) is 0 Å². The van der Waals surface area contributed by atoms with Crippen LogP contribution in [-0.2, 0) is 6.42 Å². The Morgan fingerprint density at radius 3 is 2.52 bits per heavy atom. The molecular weight excluding hydrogens is 330 g/mol. The van der Waals surface area contributed by atoms with Crippen molar-refractivity contribution in [2.24, 2.45) is 0 Å². The highest BCUT2D eigenvalue weighted by Gasteiger charge is 2.09. The van der Waals surface area contributed by atoms with Crippen LogP contribution in [0.2, 0.25) is 0 Å². The molecule has 0 aliphatic heterocycles. The molecule has 2 aromatic heterocycles. The highest BCUT2D eigenvalue weighted by molar-refractivity contribution is 5.84. The predicted molar refractivity (Wildman–Crippen MR) is 114 cm³/mol. The summed E-state index contributed by atoms with van der Waals surface area (Å²) in [6.45, 7) is 8.33. The summed E-state index contributed by atoms with van der Waals surface area (Å²) in [5, 5.41) is 5.79. The monoisotopic (exact) mass is 357 g/mol. The summed E-state index contributed by atoms with van der Waals surface area (Å²) < 4.78 is 1.96. The number of rotatable bonds is 4. The Kier molecular flexibility index (Phi) is 6.02. The third kappa shape index (κ3) is 3.92. The molecule has 0 bridgehead atoms. The molecule has 0 saturated heterocycles. The summed E-state index contributed by atoms with van der Waals surface area (Å²) in [6.07, 6.45) is 6.15. The molecular formula is C24H27N3. The second-order valence-corrected chi connectivity index (χ2v) is 6.39. The molecule has 0 unspecified atom stereocenters. The fourth-order valence-electron chi connectivity index (χ4n) is 3.30. The molecule has 0 amide bonds. The van der Waals surface area contributed by atoms with E-state index in [2.05, 4.69) is 73.7 Å². The maximum Gasteiger partial charge on any atom is 0.0744 e. The molecule has 3 heteroatoms. The largest absolute Gasteiger partial charge is 0.248 e. The molecule has 0 atom stereocenters. The molecule has 0 aliphatic rings. The highest BCUT2D eigenvalue weighted by Crippen LogP contribution is 2.25. The Morgan fingerprint density at radius 1 is 0.963 bits per heavy atom. The van der Waals surface area contributed by atoms with Gasteiger partial charge in [0.25, 0.3) is 0 Å². The van der Waals surface area contributed by atoms with Crippen LogP contribution in [0.1, 0.15) is 38.3 Å². The summed E-state index contributed by atoms with van der Waals surface area (Å²) in [5.41, 5.74) is 6.74. The van der Waals surface area contributed by atoms with E-state index in [9.17, 15) is 0 Å². The summed E-state index contributed by atoms with van der Waals surface area (Å²) >= 11 is 0. The third-order valence-electron chi connectivity index (χ3n) is 4.56. The van der Waals surface area contributed by atoms with E-state index in [1.807, 2.05) is 30.8 Å². The SMILES string of the molecule is CC.CCCc1ccccc1-n1cc(-c2cc(C)c3ccccc3n2)cn1. The molecule has 138 valence electrons. The summed E-state index contributed by atoms with van der Waals surface area (Å²) in [4.78, 5) is 4.82. The van der Waals surface area contributed by atoms with Crippen molar-refractivity contribution in [1.82, 2.24) is 14.8 Å². The topological polar surface area (TPSA) is 30.7 Å². The molecule has 2 heterocycles. The van der Waals surface area contributed by atoms with Crippen molar-refractivity contribution in [3.05, 3.63) is 78.1 Å². The number of fused-ring (bicyclic) bond motifs is 1. The number of nitrogens with zero attached hydrogens (tertiary/aromatic N) is 3. The molecule has 0 spiro atoms. The third-order valence-corrected chi connectivity index (χ3v) is 4.56. The number of hydrogen-bond donors (Lipinski definition) is 0. The van der Waals surface area contributed by atoms with E-state index in [1.165, 1.54) is 16.5 Å². The second kappa shape index (κ2) is 8.63. The lowest BCUT2D eigenvalue weighted by atomic mass is 10.1. The Hall–Kier alpha value is -2.94. The minimum absolute atomic E-state index is 0.968. The molecule has 4 aromatic rings. The van der Waals surface area contributed by atoms with Gasteiger partial charge in [0.15, 0.2) is 0 Å². The fraction of sp³-hybridized carbons (Fsp3) is 0.250. The lowest BCUT2D eigenvalue weighted by molar-refractivity contribution is 0.839. The molecule has 0 radical (unpaired) electrons. The van der Waals surface area contributed by atoms with Crippen molar-refractivity contribution < 1.29 is 0 Å². The number of pyridine rings is 1. The second-order valence-electron chi connectivity index (χ2n) is 6.39. The van der Waals surface area contributed by atoms with Gasteiger partial charge in [0.2, 0.25) is 0 Å². The van der Waals surface area contributed by atoms with Gasteiger partial charge in [0, 0.05) is 17.1 Å². The molecule has 2 aromatic carbocycles. The standard InChI is InChI=1S/C22H21N3.C2H6/c1-3-8-17-9-4-7-12-22(17)25-15-18(14-23-25)21-13-16(2)19-10-5-6-11-20(19)24-21;1-2/h4-7,9-15H,3,8H2,1-2H3;1-2H3. The first-order valence-electron chi connectivity index (χ1n) is 9.76. The predicted octanol–water partition coefficient (Wildman–Crippen LogP) is 6.37.